The number of carbonyl (C=O) groups excluding carboxylic acids is 1. The second-order valence-corrected chi connectivity index (χ2v) is 9.39. The first-order valence-electron chi connectivity index (χ1n) is 12.1. The highest BCUT2D eigenvalue weighted by Crippen LogP contribution is 2.49. The van der Waals surface area contributed by atoms with Gasteiger partial charge in [-0.25, -0.2) is 0 Å². The summed E-state index contributed by atoms with van der Waals surface area (Å²) >= 11 is 0. The number of aromatic nitrogens is 2. The molecule has 1 amide bonds. The van der Waals surface area contributed by atoms with Crippen molar-refractivity contribution in [1.29, 1.82) is 0 Å². The van der Waals surface area contributed by atoms with Crippen molar-refractivity contribution in [2.75, 3.05) is 13.2 Å². The van der Waals surface area contributed by atoms with E-state index in [-0.39, 0.29) is 36.0 Å². The van der Waals surface area contributed by atoms with Crippen LogP contribution < -0.4 is 10.9 Å². The minimum Gasteiger partial charge on any atom is -0.396 e. The number of rotatable bonds is 7. The molecule has 0 aromatic carbocycles. The normalized spacial score (nSPS) is 26.2. The molecule has 4 atom stereocenters. The van der Waals surface area contributed by atoms with Crippen LogP contribution in [0.15, 0.2) is 47.4 Å². The molecule has 0 bridgehead atoms. The van der Waals surface area contributed by atoms with Crippen molar-refractivity contribution in [3.8, 4) is 0 Å². The van der Waals surface area contributed by atoms with Gasteiger partial charge in [0.1, 0.15) is 0 Å². The smallest absolute Gasteiger partial charge is 0.258 e. The van der Waals surface area contributed by atoms with Gasteiger partial charge in [-0.2, -0.15) is 0 Å². The summed E-state index contributed by atoms with van der Waals surface area (Å²) in [6.07, 6.45) is 7.89. The minimum atomic E-state index is -0.422. The van der Waals surface area contributed by atoms with Crippen LogP contribution in [0.3, 0.4) is 0 Å². The molecule has 1 fully saturated rings. The third-order valence-electron chi connectivity index (χ3n) is 7.50. The molecule has 7 nitrogen and oxygen atoms in total. The number of likely N-dealkylation sites (tertiary alicyclic amines) is 1. The van der Waals surface area contributed by atoms with Gasteiger partial charge >= 0.3 is 0 Å². The number of hydrogen-bond acceptors (Lipinski definition) is 5. The number of amides is 1. The quantitative estimate of drug-likeness (QED) is 0.680. The molecular formula is C26H32N4O3. The average molecular weight is 449 g/mol. The van der Waals surface area contributed by atoms with E-state index < -0.39 is 6.04 Å². The number of fused-ring (bicyclic) bond motifs is 3. The van der Waals surface area contributed by atoms with Crippen LogP contribution in [0.1, 0.15) is 55.6 Å². The van der Waals surface area contributed by atoms with Gasteiger partial charge in [0, 0.05) is 42.4 Å². The molecule has 2 aliphatic heterocycles. The van der Waals surface area contributed by atoms with Gasteiger partial charge < -0.3 is 15.0 Å². The lowest BCUT2D eigenvalue weighted by molar-refractivity contribution is -0.128. The Morgan fingerprint density at radius 2 is 2.15 bits per heavy atom. The SMILES string of the molecule is CCCN1[C@H](C(=O)NCc2ccccn2)[C@@H](CO)[C@@H]2Cn3c(ccc(C4=CCCC4)c3=O)[C@@H]21. The van der Waals surface area contributed by atoms with Crippen LogP contribution in [0.4, 0.5) is 0 Å². The summed E-state index contributed by atoms with van der Waals surface area (Å²) in [6.45, 7) is 3.67. The van der Waals surface area contributed by atoms with E-state index in [1.54, 1.807) is 6.20 Å². The number of nitrogens with zero attached hydrogens (tertiary/aromatic N) is 3. The third-order valence-corrected chi connectivity index (χ3v) is 7.50. The van der Waals surface area contributed by atoms with Gasteiger partial charge in [-0.15, -0.1) is 0 Å². The summed E-state index contributed by atoms with van der Waals surface area (Å²) in [4.78, 5) is 33.2. The Labute approximate surface area is 194 Å². The Morgan fingerprint density at radius 3 is 2.85 bits per heavy atom. The first-order valence-corrected chi connectivity index (χ1v) is 12.1. The maximum atomic E-state index is 13.4. The number of carbonyl (C=O) groups is 1. The predicted molar refractivity (Wildman–Crippen MR) is 126 cm³/mol. The second kappa shape index (κ2) is 9.23. The molecule has 0 spiro atoms. The van der Waals surface area contributed by atoms with Crippen molar-refractivity contribution in [2.24, 2.45) is 11.8 Å². The van der Waals surface area contributed by atoms with Crippen molar-refractivity contribution < 1.29 is 9.90 Å². The van der Waals surface area contributed by atoms with Gasteiger partial charge in [0.2, 0.25) is 5.91 Å². The van der Waals surface area contributed by atoms with Gasteiger partial charge in [0.25, 0.3) is 5.56 Å². The van der Waals surface area contributed by atoms with Crippen molar-refractivity contribution in [3.05, 3.63) is 69.9 Å². The van der Waals surface area contributed by atoms with E-state index in [2.05, 4.69) is 34.3 Å². The summed E-state index contributed by atoms with van der Waals surface area (Å²) in [5.41, 5.74) is 3.81. The van der Waals surface area contributed by atoms with Crippen LogP contribution in [-0.4, -0.2) is 44.7 Å². The lowest BCUT2D eigenvalue weighted by Gasteiger charge is -2.30. The Balaban J connectivity index is 1.44. The highest BCUT2D eigenvalue weighted by Gasteiger charge is 2.55. The lowest BCUT2D eigenvalue weighted by Crippen LogP contribution is -2.48. The predicted octanol–water partition coefficient (Wildman–Crippen LogP) is 2.50. The number of allylic oxidation sites excluding steroid dienone is 2. The molecule has 2 N–H and O–H groups in total. The highest BCUT2D eigenvalue weighted by molar-refractivity contribution is 5.82. The topological polar surface area (TPSA) is 87.5 Å². The van der Waals surface area contributed by atoms with Crippen LogP contribution in [0.25, 0.3) is 5.57 Å². The summed E-state index contributed by atoms with van der Waals surface area (Å²) in [5, 5.41) is 13.4. The van der Waals surface area contributed by atoms with Gasteiger partial charge in [0.05, 0.1) is 24.3 Å². The van der Waals surface area contributed by atoms with Crippen LogP contribution in [0.2, 0.25) is 0 Å². The van der Waals surface area contributed by atoms with Crippen molar-refractivity contribution in [1.82, 2.24) is 19.8 Å². The molecule has 7 heteroatoms. The molecule has 2 aromatic rings. The maximum absolute atomic E-state index is 13.4. The molecule has 2 aromatic heterocycles. The van der Waals surface area contributed by atoms with E-state index in [0.29, 0.717) is 13.1 Å². The summed E-state index contributed by atoms with van der Waals surface area (Å²) in [6, 6.07) is 9.23. The summed E-state index contributed by atoms with van der Waals surface area (Å²) in [7, 11) is 0. The lowest BCUT2D eigenvalue weighted by atomic mass is 9.88. The van der Waals surface area contributed by atoms with E-state index in [1.807, 2.05) is 28.8 Å². The fraction of sp³-hybridized carbons (Fsp3) is 0.500. The highest BCUT2D eigenvalue weighted by atomic mass is 16.3. The first-order chi connectivity index (χ1) is 16.1. The second-order valence-electron chi connectivity index (χ2n) is 9.39. The number of hydrogen-bond donors (Lipinski definition) is 2. The van der Waals surface area contributed by atoms with Crippen molar-refractivity contribution in [2.45, 2.75) is 57.8 Å². The van der Waals surface area contributed by atoms with E-state index in [9.17, 15) is 14.7 Å². The molecule has 1 saturated heterocycles. The fourth-order valence-corrected chi connectivity index (χ4v) is 6.07. The van der Waals surface area contributed by atoms with E-state index >= 15 is 0 Å². The Hall–Kier alpha value is -2.77. The molecule has 33 heavy (non-hydrogen) atoms. The van der Waals surface area contributed by atoms with Gasteiger partial charge in [-0.05, 0) is 62.1 Å². The summed E-state index contributed by atoms with van der Waals surface area (Å²) < 4.78 is 1.90. The van der Waals surface area contributed by atoms with Crippen molar-refractivity contribution >= 4 is 11.5 Å². The minimum absolute atomic E-state index is 0.0349. The van der Waals surface area contributed by atoms with Crippen LogP contribution in [0, 0.1) is 11.8 Å². The summed E-state index contributed by atoms with van der Waals surface area (Å²) in [5.74, 6) is -0.268. The van der Waals surface area contributed by atoms with Crippen LogP contribution >= 0.6 is 0 Å². The van der Waals surface area contributed by atoms with E-state index in [0.717, 1.165) is 54.8 Å². The first kappa shape index (κ1) is 22.0. The molecule has 5 rings (SSSR count). The molecule has 0 unspecified atom stereocenters. The third kappa shape index (κ3) is 3.83. The molecule has 3 aliphatic rings. The van der Waals surface area contributed by atoms with Crippen molar-refractivity contribution in [3.63, 3.8) is 0 Å². The standard InChI is InChI=1S/C26H32N4O3/c1-2-13-29-23-20(15-30-22(23)11-10-19(26(30)33)17-7-3-4-8-17)21(16-31)24(29)25(32)28-14-18-9-5-6-12-27-18/h5-7,9-12,20-21,23-24,31H,2-4,8,13-16H2,1H3,(H,28,32)/t20-,21-,23+,24-/m0/s1. The number of nitrogens with one attached hydrogen (secondary N) is 1. The number of aliphatic hydroxyl groups is 1. The molecule has 0 radical (unpaired) electrons. The van der Waals surface area contributed by atoms with Crippen LogP contribution in [-0.2, 0) is 17.9 Å². The van der Waals surface area contributed by atoms with Crippen LogP contribution in [0.5, 0.6) is 0 Å². The molecular weight excluding hydrogens is 416 g/mol. The molecule has 174 valence electrons. The molecule has 1 aliphatic carbocycles. The number of pyridine rings is 2. The maximum Gasteiger partial charge on any atom is 0.258 e. The number of aliphatic hydroxyl groups excluding tert-OH is 1. The molecule has 4 heterocycles. The zero-order valence-corrected chi connectivity index (χ0v) is 19.1. The van der Waals surface area contributed by atoms with Gasteiger partial charge in [-0.1, -0.05) is 19.1 Å². The average Bonchev–Trinajstić information content (AvgIpc) is 3.55. The fourth-order valence-electron chi connectivity index (χ4n) is 6.07. The Morgan fingerprint density at radius 1 is 1.27 bits per heavy atom. The van der Waals surface area contributed by atoms with E-state index in [1.165, 1.54) is 0 Å². The Kier molecular flexibility index (Phi) is 6.17. The van der Waals surface area contributed by atoms with E-state index in [4.69, 9.17) is 0 Å². The largest absolute Gasteiger partial charge is 0.396 e. The monoisotopic (exact) mass is 448 g/mol. The molecule has 0 saturated carbocycles. The Bertz CT molecular complexity index is 1110. The zero-order chi connectivity index (χ0) is 22.9. The van der Waals surface area contributed by atoms with Gasteiger partial charge in [0.15, 0.2) is 0 Å². The zero-order valence-electron chi connectivity index (χ0n) is 19.1. The van der Waals surface area contributed by atoms with Gasteiger partial charge in [-0.3, -0.25) is 19.5 Å².